The van der Waals surface area contributed by atoms with Crippen molar-refractivity contribution in [1.29, 1.82) is 0 Å². The molecule has 3 aromatic heterocycles. The summed E-state index contributed by atoms with van der Waals surface area (Å²) in [4.78, 5) is 23.6. The van der Waals surface area contributed by atoms with E-state index in [0.717, 1.165) is 41.2 Å². The predicted molar refractivity (Wildman–Crippen MR) is 138 cm³/mol. The molecule has 190 valence electrons. The molecule has 6 nitrogen and oxygen atoms in total. The lowest BCUT2D eigenvalue weighted by Crippen LogP contribution is -2.21. The van der Waals surface area contributed by atoms with E-state index in [1.54, 1.807) is 11.3 Å². The molecule has 0 unspecified atom stereocenters. The van der Waals surface area contributed by atoms with Crippen LogP contribution in [0.4, 0.5) is 13.2 Å². The number of para-hydroxylation sites is 2. The number of aliphatic carboxylic acids is 1. The molecule has 0 bridgehead atoms. The Balaban J connectivity index is 0.000000405. The number of nitrogens with zero attached hydrogens (tertiary/aromatic N) is 2. The van der Waals surface area contributed by atoms with Crippen molar-refractivity contribution < 1.29 is 23.1 Å². The molecule has 2 aromatic carbocycles. The zero-order valence-electron chi connectivity index (χ0n) is 19.5. The number of hydrogen-bond donors (Lipinski definition) is 3. The molecule has 5 rings (SSSR count). The molecular weight excluding hydrogens is 501 g/mol. The van der Waals surface area contributed by atoms with Gasteiger partial charge < -0.3 is 15.4 Å². The number of nitrogens with one attached hydrogen (secondary N) is 2. The predicted octanol–water partition coefficient (Wildman–Crippen LogP) is 6.32. The molecule has 3 heterocycles. The Morgan fingerprint density at radius 3 is 2.46 bits per heavy atom. The highest BCUT2D eigenvalue weighted by Crippen LogP contribution is 2.34. The molecule has 10 heteroatoms. The lowest BCUT2D eigenvalue weighted by molar-refractivity contribution is -0.192. The summed E-state index contributed by atoms with van der Waals surface area (Å²) in [6.45, 7) is 1.79. The van der Waals surface area contributed by atoms with Gasteiger partial charge in [0, 0.05) is 23.8 Å². The number of carbonyl (C=O) groups is 1. The number of fused-ring (bicyclic) bond motifs is 1. The van der Waals surface area contributed by atoms with Crippen LogP contribution in [0.3, 0.4) is 0 Å². The number of aromatic amines is 1. The maximum atomic E-state index is 10.6. The monoisotopic (exact) mass is 524 g/mol. The number of thiophene rings is 1. The molecule has 0 aliphatic rings. The topological polar surface area (TPSA) is 90.9 Å². The Morgan fingerprint density at radius 1 is 0.973 bits per heavy atom. The van der Waals surface area contributed by atoms with Crippen LogP contribution in [-0.4, -0.2) is 38.7 Å². The Hall–Kier alpha value is -4.02. The van der Waals surface area contributed by atoms with Gasteiger partial charge >= 0.3 is 12.1 Å². The van der Waals surface area contributed by atoms with Crippen LogP contribution >= 0.6 is 11.3 Å². The smallest absolute Gasteiger partial charge is 0.475 e. The van der Waals surface area contributed by atoms with Crippen molar-refractivity contribution in [3.05, 3.63) is 96.3 Å². The Labute approximate surface area is 214 Å². The summed E-state index contributed by atoms with van der Waals surface area (Å²) in [5.41, 5.74) is 5.87. The summed E-state index contributed by atoms with van der Waals surface area (Å²) in [6, 6.07) is 25.3. The zero-order valence-corrected chi connectivity index (χ0v) is 20.3. The third-order valence-electron chi connectivity index (χ3n) is 5.33. The molecule has 0 amide bonds. The molecule has 0 fully saturated rings. The zero-order chi connectivity index (χ0) is 26.3. The highest BCUT2D eigenvalue weighted by Gasteiger charge is 2.38. The van der Waals surface area contributed by atoms with Gasteiger partial charge in [-0.3, -0.25) is 4.98 Å². The van der Waals surface area contributed by atoms with Crippen molar-refractivity contribution >= 4 is 28.3 Å². The lowest BCUT2D eigenvalue weighted by atomic mass is 10.1. The standard InChI is InChI=1S/C25H22N4S.C2HF3O2/c1-2-9-22-21(8-1)28-25(29-22)24-11-10-23(30-24)20-7-3-5-19(15-20)17-27-14-12-18-6-4-13-26-16-18;3-2(4,5)1(6)7/h1-11,13,15-16,27H,12,14,17H2,(H,28,29);(H,6,7). The fraction of sp³-hybridized carbons (Fsp3) is 0.148. The van der Waals surface area contributed by atoms with Gasteiger partial charge in [-0.2, -0.15) is 13.2 Å². The van der Waals surface area contributed by atoms with Crippen LogP contribution < -0.4 is 5.32 Å². The van der Waals surface area contributed by atoms with Crippen molar-refractivity contribution in [3.63, 3.8) is 0 Å². The fourth-order valence-electron chi connectivity index (χ4n) is 3.54. The third kappa shape index (κ3) is 7.25. The normalized spacial score (nSPS) is 11.2. The van der Waals surface area contributed by atoms with E-state index in [0.29, 0.717) is 0 Å². The van der Waals surface area contributed by atoms with Crippen LogP contribution in [0.25, 0.3) is 32.2 Å². The van der Waals surface area contributed by atoms with E-state index in [9.17, 15) is 13.2 Å². The van der Waals surface area contributed by atoms with Crippen molar-refractivity contribution in [2.75, 3.05) is 6.54 Å². The van der Waals surface area contributed by atoms with Gasteiger partial charge in [0.15, 0.2) is 0 Å². The van der Waals surface area contributed by atoms with E-state index >= 15 is 0 Å². The van der Waals surface area contributed by atoms with E-state index < -0.39 is 12.1 Å². The molecule has 0 saturated heterocycles. The number of hydrogen-bond acceptors (Lipinski definition) is 5. The van der Waals surface area contributed by atoms with Crippen molar-refractivity contribution in [2.24, 2.45) is 0 Å². The number of benzene rings is 2. The number of alkyl halides is 3. The number of halogens is 3. The van der Waals surface area contributed by atoms with Gasteiger partial charge in [-0.1, -0.05) is 36.4 Å². The van der Waals surface area contributed by atoms with E-state index in [4.69, 9.17) is 14.9 Å². The maximum absolute atomic E-state index is 10.6. The number of carboxylic acid groups (broad SMARTS) is 1. The lowest BCUT2D eigenvalue weighted by Gasteiger charge is -2.06. The van der Waals surface area contributed by atoms with Crippen molar-refractivity contribution in [3.8, 4) is 21.1 Å². The quantitative estimate of drug-likeness (QED) is 0.217. The first kappa shape index (κ1) is 26.1. The van der Waals surface area contributed by atoms with E-state index in [1.807, 2.05) is 36.7 Å². The SMILES string of the molecule is O=C(O)C(F)(F)F.c1cncc(CCNCc2cccc(-c3ccc(-c4nc5ccccc5[nH]4)s3)c2)c1. The molecule has 5 aromatic rings. The highest BCUT2D eigenvalue weighted by molar-refractivity contribution is 7.18. The van der Waals surface area contributed by atoms with Gasteiger partial charge in [0.05, 0.1) is 15.9 Å². The first-order valence-corrected chi connectivity index (χ1v) is 12.2. The van der Waals surface area contributed by atoms with Crippen LogP contribution in [0.5, 0.6) is 0 Å². The summed E-state index contributed by atoms with van der Waals surface area (Å²) in [5.74, 6) is -1.83. The molecule has 0 aliphatic heterocycles. The average molecular weight is 525 g/mol. The van der Waals surface area contributed by atoms with Crippen LogP contribution in [-0.2, 0) is 17.8 Å². The molecule has 0 spiro atoms. The van der Waals surface area contributed by atoms with E-state index in [1.165, 1.54) is 21.6 Å². The van der Waals surface area contributed by atoms with Crippen molar-refractivity contribution in [2.45, 2.75) is 19.1 Å². The van der Waals surface area contributed by atoms with Crippen LogP contribution in [0.15, 0.2) is 85.2 Å². The van der Waals surface area contributed by atoms with Gasteiger partial charge in [-0.05, 0) is 66.1 Å². The fourth-order valence-corrected chi connectivity index (χ4v) is 4.48. The minimum Gasteiger partial charge on any atom is -0.475 e. The highest BCUT2D eigenvalue weighted by atomic mass is 32.1. The Bertz CT molecular complexity index is 1430. The summed E-state index contributed by atoms with van der Waals surface area (Å²) in [6.07, 6.45) is -0.357. The van der Waals surface area contributed by atoms with E-state index in [2.05, 4.69) is 63.8 Å². The maximum Gasteiger partial charge on any atom is 0.490 e. The summed E-state index contributed by atoms with van der Waals surface area (Å²) >= 11 is 1.77. The molecule has 0 aliphatic carbocycles. The summed E-state index contributed by atoms with van der Waals surface area (Å²) in [7, 11) is 0. The van der Waals surface area contributed by atoms with Gasteiger partial charge in [0.2, 0.25) is 0 Å². The van der Waals surface area contributed by atoms with Crippen LogP contribution in [0.2, 0.25) is 0 Å². The summed E-state index contributed by atoms with van der Waals surface area (Å²) in [5, 5.41) is 10.7. The summed E-state index contributed by atoms with van der Waals surface area (Å²) < 4.78 is 31.7. The molecule has 0 saturated carbocycles. The largest absolute Gasteiger partial charge is 0.490 e. The van der Waals surface area contributed by atoms with Crippen LogP contribution in [0.1, 0.15) is 11.1 Å². The second-order valence-electron chi connectivity index (χ2n) is 8.06. The van der Waals surface area contributed by atoms with Gasteiger partial charge in [0.25, 0.3) is 0 Å². The molecular formula is C27H23F3N4O2S. The average Bonchev–Trinajstić information content (AvgIpc) is 3.55. The van der Waals surface area contributed by atoms with Gasteiger partial charge in [-0.15, -0.1) is 11.3 Å². The van der Waals surface area contributed by atoms with Crippen molar-refractivity contribution in [1.82, 2.24) is 20.3 Å². The van der Waals surface area contributed by atoms with E-state index in [-0.39, 0.29) is 0 Å². The minimum atomic E-state index is -5.08. The number of rotatable bonds is 7. The number of imidazole rings is 1. The molecule has 37 heavy (non-hydrogen) atoms. The second kappa shape index (κ2) is 11.8. The molecule has 3 N–H and O–H groups in total. The third-order valence-corrected chi connectivity index (χ3v) is 6.47. The van der Waals surface area contributed by atoms with Gasteiger partial charge in [0.1, 0.15) is 5.82 Å². The number of aromatic nitrogens is 3. The Kier molecular flexibility index (Phi) is 8.32. The first-order valence-electron chi connectivity index (χ1n) is 11.3. The minimum absolute atomic E-state index is 0.857. The number of H-pyrrole nitrogens is 1. The molecule has 0 radical (unpaired) electrons. The van der Waals surface area contributed by atoms with Gasteiger partial charge in [-0.25, -0.2) is 9.78 Å². The number of pyridine rings is 1. The first-order chi connectivity index (χ1) is 17.8. The van der Waals surface area contributed by atoms with Crippen LogP contribution in [0, 0.1) is 0 Å². The second-order valence-corrected chi connectivity index (χ2v) is 9.14. The number of carboxylic acids is 1. The Morgan fingerprint density at radius 2 is 1.73 bits per heavy atom. The molecule has 0 atom stereocenters.